The molecule has 3 N–H and O–H groups in total. The molecule has 1 amide bonds. The Bertz CT molecular complexity index is 624. The second-order valence-electron chi connectivity index (χ2n) is 3.76. The van der Waals surface area contributed by atoms with Gasteiger partial charge in [0.2, 0.25) is 0 Å². The van der Waals surface area contributed by atoms with Crippen LogP contribution in [0.25, 0.3) is 0 Å². The number of amides is 1. The van der Waals surface area contributed by atoms with Gasteiger partial charge in [0.15, 0.2) is 0 Å². The average Bonchev–Trinajstić information content (AvgIpc) is 2.37. The minimum Gasteiger partial charge on any atom is -0.397 e. The number of para-hydroxylation sites is 1. The molecule has 0 saturated heterocycles. The molecular formula is C13H9Cl3N2O. The molecule has 19 heavy (non-hydrogen) atoms. The predicted molar refractivity (Wildman–Crippen MR) is 80.3 cm³/mol. The molecule has 0 fully saturated rings. The van der Waals surface area contributed by atoms with Gasteiger partial charge < -0.3 is 11.1 Å². The Hall–Kier alpha value is -1.42. The van der Waals surface area contributed by atoms with Gasteiger partial charge in [-0.05, 0) is 24.3 Å². The monoisotopic (exact) mass is 314 g/mol. The molecule has 0 atom stereocenters. The van der Waals surface area contributed by atoms with E-state index in [-0.39, 0.29) is 10.6 Å². The van der Waals surface area contributed by atoms with Crippen molar-refractivity contribution < 1.29 is 4.79 Å². The number of nitrogen functional groups attached to an aromatic ring is 1. The van der Waals surface area contributed by atoms with Crippen molar-refractivity contribution in [3.8, 4) is 0 Å². The lowest BCUT2D eigenvalue weighted by Gasteiger charge is -2.11. The third-order valence-corrected chi connectivity index (χ3v) is 3.61. The van der Waals surface area contributed by atoms with Crippen molar-refractivity contribution in [3.05, 3.63) is 57.0 Å². The highest BCUT2D eigenvalue weighted by Crippen LogP contribution is 2.30. The lowest BCUT2D eigenvalue weighted by molar-refractivity contribution is 0.102. The fourth-order valence-corrected chi connectivity index (χ4v) is 2.15. The molecule has 2 rings (SSSR count). The van der Waals surface area contributed by atoms with Crippen LogP contribution in [0.2, 0.25) is 15.1 Å². The Labute approximate surface area is 125 Å². The predicted octanol–water partition coefficient (Wildman–Crippen LogP) is 4.48. The second kappa shape index (κ2) is 5.70. The molecule has 0 aliphatic carbocycles. The van der Waals surface area contributed by atoms with Crippen LogP contribution in [-0.2, 0) is 0 Å². The van der Waals surface area contributed by atoms with Gasteiger partial charge in [-0.25, -0.2) is 0 Å². The normalized spacial score (nSPS) is 10.3. The van der Waals surface area contributed by atoms with Crippen LogP contribution in [0.5, 0.6) is 0 Å². The van der Waals surface area contributed by atoms with E-state index >= 15 is 0 Å². The molecule has 98 valence electrons. The second-order valence-corrected chi connectivity index (χ2v) is 4.95. The number of nitrogens with two attached hydrogens (primary N) is 1. The maximum absolute atomic E-state index is 12.1. The number of anilines is 2. The van der Waals surface area contributed by atoms with E-state index in [1.807, 2.05) is 0 Å². The molecule has 6 heteroatoms. The van der Waals surface area contributed by atoms with Crippen molar-refractivity contribution in [1.82, 2.24) is 0 Å². The Morgan fingerprint density at radius 1 is 1.00 bits per heavy atom. The van der Waals surface area contributed by atoms with Crippen molar-refractivity contribution in [3.63, 3.8) is 0 Å². The van der Waals surface area contributed by atoms with Gasteiger partial charge in [0.1, 0.15) is 0 Å². The van der Waals surface area contributed by atoms with E-state index in [4.69, 9.17) is 40.5 Å². The van der Waals surface area contributed by atoms with Gasteiger partial charge >= 0.3 is 0 Å². The Balaban J connectivity index is 2.34. The van der Waals surface area contributed by atoms with Gasteiger partial charge in [-0.3, -0.25) is 4.79 Å². The molecule has 2 aromatic carbocycles. The van der Waals surface area contributed by atoms with E-state index in [1.54, 1.807) is 36.4 Å². The zero-order chi connectivity index (χ0) is 14.0. The van der Waals surface area contributed by atoms with Crippen LogP contribution in [0.1, 0.15) is 10.4 Å². The Morgan fingerprint density at radius 3 is 2.32 bits per heavy atom. The first kappa shape index (κ1) is 14.0. The minimum atomic E-state index is -0.424. The fraction of sp³-hybridized carbons (Fsp3) is 0. The van der Waals surface area contributed by atoms with Crippen LogP contribution in [0.4, 0.5) is 11.4 Å². The summed E-state index contributed by atoms with van der Waals surface area (Å²) in [6.45, 7) is 0. The first-order chi connectivity index (χ1) is 9.00. The largest absolute Gasteiger partial charge is 0.397 e. The van der Waals surface area contributed by atoms with E-state index in [9.17, 15) is 4.79 Å². The summed E-state index contributed by atoms with van der Waals surface area (Å²) in [5.41, 5.74) is 6.74. The van der Waals surface area contributed by atoms with Gasteiger partial charge in [-0.2, -0.15) is 0 Å². The average molecular weight is 316 g/mol. The summed E-state index contributed by atoms with van der Waals surface area (Å²) in [5.74, 6) is -0.424. The minimum absolute atomic E-state index is 0.187. The molecule has 0 unspecified atom stereocenters. The van der Waals surface area contributed by atoms with Crippen LogP contribution in [-0.4, -0.2) is 5.91 Å². The number of hydrogen-bond donors (Lipinski definition) is 2. The highest BCUT2D eigenvalue weighted by molar-refractivity contribution is 6.44. The summed E-state index contributed by atoms with van der Waals surface area (Å²) in [6, 6.07) is 9.77. The zero-order valence-corrected chi connectivity index (χ0v) is 11.9. The third-order valence-electron chi connectivity index (χ3n) is 2.48. The molecular weight excluding hydrogens is 307 g/mol. The number of hydrogen-bond acceptors (Lipinski definition) is 2. The number of benzene rings is 2. The van der Waals surface area contributed by atoms with Gasteiger partial charge in [0.25, 0.3) is 5.91 Å². The summed E-state index contributed by atoms with van der Waals surface area (Å²) in [4.78, 5) is 12.1. The highest BCUT2D eigenvalue weighted by atomic mass is 35.5. The summed E-state index contributed by atoms with van der Waals surface area (Å²) in [7, 11) is 0. The maximum atomic E-state index is 12.1. The summed E-state index contributed by atoms with van der Waals surface area (Å²) < 4.78 is 0. The number of halogens is 3. The van der Waals surface area contributed by atoms with E-state index in [0.717, 1.165) is 0 Å². The molecule has 0 saturated carbocycles. The van der Waals surface area contributed by atoms with Crippen molar-refractivity contribution in [2.45, 2.75) is 0 Å². The van der Waals surface area contributed by atoms with Crippen molar-refractivity contribution >= 4 is 52.1 Å². The lowest BCUT2D eigenvalue weighted by atomic mass is 10.2. The maximum Gasteiger partial charge on any atom is 0.257 e. The quantitative estimate of drug-likeness (QED) is 0.803. The SMILES string of the molecule is Nc1cccc(Cl)c1NC(=O)c1cccc(Cl)c1Cl. The molecule has 0 radical (unpaired) electrons. The fourth-order valence-electron chi connectivity index (χ4n) is 1.53. The zero-order valence-electron chi connectivity index (χ0n) is 9.58. The molecule has 0 aliphatic heterocycles. The Kier molecular flexibility index (Phi) is 4.20. The van der Waals surface area contributed by atoms with Crippen LogP contribution in [0.15, 0.2) is 36.4 Å². The third kappa shape index (κ3) is 2.95. The first-order valence-corrected chi connectivity index (χ1v) is 6.43. The van der Waals surface area contributed by atoms with Crippen LogP contribution in [0, 0.1) is 0 Å². The van der Waals surface area contributed by atoms with E-state index in [1.165, 1.54) is 0 Å². The molecule has 2 aromatic rings. The van der Waals surface area contributed by atoms with E-state index in [0.29, 0.717) is 21.4 Å². The number of carbonyl (C=O) groups excluding carboxylic acids is 1. The van der Waals surface area contributed by atoms with Gasteiger partial charge in [-0.15, -0.1) is 0 Å². The van der Waals surface area contributed by atoms with Crippen molar-refractivity contribution in [2.24, 2.45) is 0 Å². The molecule has 0 bridgehead atoms. The summed E-state index contributed by atoms with van der Waals surface area (Å²) in [5, 5.41) is 3.47. The molecule has 0 heterocycles. The summed E-state index contributed by atoms with van der Waals surface area (Å²) >= 11 is 17.8. The van der Waals surface area contributed by atoms with Gasteiger partial charge in [0.05, 0.1) is 32.0 Å². The van der Waals surface area contributed by atoms with E-state index in [2.05, 4.69) is 5.32 Å². The number of nitrogens with one attached hydrogen (secondary N) is 1. The lowest BCUT2D eigenvalue weighted by Crippen LogP contribution is -2.14. The van der Waals surface area contributed by atoms with Gasteiger partial charge in [0, 0.05) is 0 Å². The standard InChI is InChI=1S/C13H9Cl3N2O/c14-8-4-1-3-7(11(8)16)13(19)18-12-9(15)5-2-6-10(12)17/h1-6H,17H2,(H,18,19). The topological polar surface area (TPSA) is 55.1 Å². The highest BCUT2D eigenvalue weighted by Gasteiger charge is 2.15. The van der Waals surface area contributed by atoms with E-state index < -0.39 is 5.91 Å². The van der Waals surface area contributed by atoms with Crippen molar-refractivity contribution in [1.29, 1.82) is 0 Å². The smallest absolute Gasteiger partial charge is 0.257 e. The van der Waals surface area contributed by atoms with Gasteiger partial charge in [-0.1, -0.05) is 46.9 Å². The Morgan fingerprint density at radius 2 is 1.63 bits per heavy atom. The first-order valence-electron chi connectivity index (χ1n) is 5.30. The van der Waals surface area contributed by atoms with Crippen LogP contribution in [0.3, 0.4) is 0 Å². The molecule has 3 nitrogen and oxygen atoms in total. The van der Waals surface area contributed by atoms with Crippen LogP contribution >= 0.6 is 34.8 Å². The molecule has 0 spiro atoms. The summed E-state index contributed by atoms with van der Waals surface area (Å²) in [6.07, 6.45) is 0. The van der Waals surface area contributed by atoms with Crippen molar-refractivity contribution in [2.75, 3.05) is 11.1 Å². The van der Waals surface area contributed by atoms with Crippen LogP contribution < -0.4 is 11.1 Å². The molecule has 0 aliphatic rings. The number of rotatable bonds is 2. The molecule has 0 aromatic heterocycles. The number of carbonyl (C=O) groups is 1.